The van der Waals surface area contributed by atoms with Crippen LogP contribution >= 0.6 is 22.9 Å². The van der Waals surface area contributed by atoms with Crippen LogP contribution in [0.2, 0.25) is 0 Å². The zero-order valence-electron chi connectivity index (χ0n) is 11.0. The highest BCUT2D eigenvalue weighted by molar-refractivity contribution is 7.10. The van der Waals surface area contributed by atoms with Gasteiger partial charge in [-0.05, 0) is 30.5 Å². The SMILES string of the molecule is CC(c1cccs1)n1c(CCCl)nc2cc(F)ccc21. The van der Waals surface area contributed by atoms with E-state index in [2.05, 4.69) is 27.9 Å². The summed E-state index contributed by atoms with van der Waals surface area (Å²) in [6.45, 7) is 2.13. The first-order chi connectivity index (χ1) is 9.70. The molecular weight excluding hydrogens is 295 g/mol. The Morgan fingerprint density at radius 2 is 2.25 bits per heavy atom. The van der Waals surface area contributed by atoms with Gasteiger partial charge in [0.2, 0.25) is 0 Å². The van der Waals surface area contributed by atoms with Crippen molar-refractivity contribution in [1.82, 2.24) is 9.55 Å². The van der Waals surface area contributed by atoms with E-state index in [1.165, 1.54) is 17.0 Å². The van der Waals surface area contributed by atoms with E-state index in [1.54, 1.807) is 17.4 Å². The van der Waals surface area contributed by atoms with E-state index in [4.69, 9.17) is 11.6 Å². The van der Waals surface area contributed by atoms with Crippen LogP contribution in [0.5, 0.6) is 0 Å². The molecule has 20 heavy (non-hydrogen) atoms. The van der Waals surface area contributed by atoms with E-state index in [-0.39, 0.29) is 11.9 Å². The Labute approximate surface area is 125 Å². The van der Waals surface area contributed by atoms with Crippen molar-refractivity contribution in [1.29, 1.82) is 0 Å². The zero-order valence-corrected chi connectivity index (χ0v) is 12.6. The zero-order chi connectivity index (χ0) is 14.1. The van der Waals surface area contributed by atoms with Gasteiger partial charge in [0.05, 0.1) is 17.1 Å². The van der Waals surface area contributed by atoms with Crippen molar-refractivity contribution in [2.75, 3.05) is 5.88 Å². The predicted octanol–water partition coefficient (Wildman–Crippen LogP) is 4.63. The van der Waals surface area contributed by atoms with Crippen molar-refractivity contribution < 1.29 is 4.39 Å². The molecule has 104 valence electrons. The molecule has 2 heterocycles. The van der Waals surface area contributed by atoms with E-state index in [0.29, 0.717) is 17.8 Å². The number of rotatable bonds is 4. The lowest BCUT2D eigenvalue weighted by atomic mass is 10.2. The largest absolute Gasteiger partial charge is 0.320 e. The lowest BCUT2D eigenvalue weighted by molar-refractivity contribution is 0.626. The Hall–Kier alpha value is -1.39. The topological polar surface area (TPSA) is 17.8 Å². The normalized spacial score (nSPS) is 12.9. The van der Waals surface area contributed by atoms with E-state index >= 15 is 0 Å². The number of imidazole rings is 1. The summed E-state index contributed by atoms with van der Waals surface area (Å²) in [4.78, 5) is 5.79. The minimum absolute atomic E-state index is 0.170. The van der Waals surface area contributed by atoms with Crippen LogP contribution in [0, 0.1) is 5.82 Å². The van der Waals surface area contributed by atoms with Gasteiger partial charge in [-0.15, -0.1) is 22.9 Å². The first-order valence-electron chi connectivity index (χ1n) is 6.46. The number of nitrogens with zero attached hydrogens (tertiary/aromatic N) is 2. The molecule has 0 aliphatic heterocycles. The van der Waals surface area contributed by atoms with Crippen molar-refractivity contribution in [3.05, 3.63) is 52.2 Å². The maximum atomic E-state index is 13.4. The highest BCUT2D eigenvalue weighted by Crippen LogP contribution is 2.29. The molecule has 0 spiro atoms. The number of benzene rings is 1. The lowest BCUT2D eigenvalue weighted by Crippen LogP contribution is -2.10. The average Bonchev–Trinajstić information content (AvgIpc) is 3.05. The first-order valence-corrected chi connectivity index (χ1v) is 7.88. The van der Waals surface area contributed by atoms with Gasteiger partial charge in [-0.3, -0.25) is 0 Å². The molecule has 3 rings (SSSR count). The molecular formula is C15H14ClFN2S. The van der Waals surface area contributed by atoms with Crippen LogP contribution in [0.1, 0.15) is 23.7 Å². The second-order valence-electron chi connectivity index (χ2n) is 4.66. The molecule has 0 fully saturated rings. The fourth-order valence-electron chi connectivity index (χ4n) is 2.47. The second kappa shape index (κ2) is 5.54. The molecule has 2 aromatic heterocycles. The third-order valence-electron chi connectivity index (χ3n) is 3.38. The number of aryl methyl sites for hydroxylation is 1. The van der Waals surface area contributed by atoms with Crippen LogP contribution < -0.4 is 0 Å². The molecule has 0 saturated carbocycles. The summed E-state index contributed by atoms with van der Waals surface area (Å²) in [5.74, 6) is 1.15. The quantitative estimate of drug-likeness (QED) is 0.643. The van der Waals surface area contributed by atoms with E-state index < -0.39 is 0 Å². The third kappa shape index (κ3) is 2.34. The smallest absolute Gasteiger partial charge is 0.125 e. The second-order valence-corrected chi connectivity index (χ2v) is 6.02. The number of alkyl halides is 1. The monoisotopic (exact) mass is 308 g/mol. The van der Waals surface area contributed by atoms with E-state index in [0.717, 1.165) is 11.3 Å². The van der Waals surface area contributed by atoms with Gasteiger partial charge < -0.3 is 4.57 Å². The first kappa shape index (κ1) is 13.6. The highest BCUT2D eigenvalue weighted by atomic mass is 35.5. The molecule has 0 bridgehead atoms. The van der Waals surface area contributed by atoms with Gasteiger partial charge in [0, 0.05) is 23.2 Å². The van der Waals surface area contributed by atoms with Crippen LogP contribution in [-0.4, -0.2) is 15.4 Å². The Kier molecular flexibility index (Phi) is 3.76. The predicted molar refractivity (Wildman–Crippen MR) is 82.2 cm³/mol. The summed E-state index contributed by atoms with van der Waals surface area (Å²) in [6.07, 6.45) is 0.674. The van der Waals surface area contributed by atoms with Crippen molar-refractivity contribution >= 4 is 34.0 Å². The van der Waals surface area contributed by atoms with Crippen molar-refractivity contribution in [3.8, 4) is 0 Å². The Bertz CT molecular complexity index is 721. The number of hydrogen-bond donors (Lipinski definition) is 0. The summed E-state index contributed by atoms with van der Waals surface area (Å²) in [6, 6.07) is 9.06. The summed E-state index contributed by atoms with van der Waals surface area (Å²) in [7, 11) is 0. The summed E-state index contributed by atoms with van der Waals surface area (Å²) in [5, 5.41) is 2.06. The maximum absolute atomic E-state index is 13.4. The number of fused-ring (bicyclic) bond motifs is 1. The van der Waals surface area contributed by atoms with Crippen LogP contribution in [0.3, 0.4) is 0 Å². The number of thiophene rings is 1. The maximum Gasteiger partial charge on any atom is 0.125 e. The van der Waals surface area contributed by atoms with Gasteiger partial charge >= 0.3 is 0 Å². The molecule has 5 heteroatoms. The van der Waals surface area contributed by atoms with Gasteiger partial charge in [0.25, 0.3) is 0 Å². The molecule has 0 amide bonds. The Balaban J connectivity index is 2.18. The molecule has 1 atom stereocenters. The molecule has 1 aromatic carbocycles. The van der Waals surface area contributed by atoms with Crippen molar-refractivity contribution in [3.63, 3.8) is 0 Å². The molecule has 0 aliphatic rings. The summed E-state index contributed by atoms with van der Waals surface area (Å²) in [5.41, 5.74) is 1.64. The lowest BCUT2D eigenvalue weighted by Gasteiger charge is -2.16. The van der Waals surface area contributed by atoms with Gasteiger partial charge in [-0.25, -0.2) is 9.37 Å². The van der Waals surface area contributed by atoms with Crippen LogP contribution in [-0.2, 0) is 6.42 Å². The van der Waals surface area contributed by atoms with Crippen LogP contribution in [0.15, 0.2) is 35.7 Å². The van der Waals surface area contributed by atoms with Gasteiger partial charge in [0.1, 0.15) is 11.6 Å². The summed E-state index contributed by atoms with van der Waals surface area (Å²) >= 11 is 7.58. The van der Waals surface area contributed by atoms with Crippen molar-refractivity contribution in [2.45, 2.75) is 19.4 Å². The standard InChI is InChI=1S/C15H14ClFN2S/c1-10(14-3-2-8-20-14)19-13-5-4-11(17)9-12(13)18-15(19)6-7-16/h2-5,8-10H,6-7H2,1H3. The number of halogens is 2. The number of hydrogen-bond acceptors (Lipinski definition) is 2. The Morgan fingerprint density at radius 3 is 2.95 bits per heavy atom. The van der Waals surface area contributed by atoms with E-state index in [1.807, 2.05) is 6.07 Å². The van der Waals surface area contributed by atoms with Crippen LogP contribution in [0.25, 0.3) is 11.0 Å². The number of aromatic nitrogens is 2. The molecule has 0 N–H and O–H groups in total. The third-order valence-corrected chi connectivity index (χ3v) is 4.62. The minimum Gasteiger partial charge on any atom is -0.320 e. The van der Waals surface area contributed by atoms with Gasteiger partial charge in [-0.1, -0.05) is 6.07 Å². The minimum atomic E-state index is -0.261. The van der Waals surface area contributed by atoms with Crippen LogP contribution in [0.4, 0.5) is 4.39 Å². The van der Waals surface area contributed by atoms with E-state index in [9.17, 15) is 4.39 Å². The average molecular weight is 309 g/mol. The van der Waals surface area contributed by atoms with Crippen molar-refractivity contribution in [2.24, 2.45) is 0 Å². The fourth-order valence-corrected chi connectivity index (χ4v) is 3.41. The molecule has 3 aromatic rings. The molecule has 2 nitrogen and oxygen atoms in total. The molecule has 0 saturated heterocycles. The Morgan fingerprint density at radius 1 is 1.40 bits per heavy atom. The molecule has 0 radical (unpaired) electrons. The van der Waals surface area contributed by atoms with Gasteiger partial charge in [-0.2, -0.15) is 0 Å². The molecule has 0 aliphatic carbocycles. The van der Waals surface area contributed by atoms with Gasteiger partial charge in [0.15, 0.2) is 0 Å². The fraction of sp³-hybridized carbons (Fsp3) is 0.267. The molecule has 1 unspecified atom stereocenters. The summed E-state index contributed by atoms with van der Waals surface area (Å²) < 4.78 is 15.5. The highest BCUT2D eigenvalue weighted by Gasteiger charge is 2.17.